The highest BCUT2D eigenvalue weighted by molar-refractivity contribution is 5.81. The number of aromatic nitrogens is 3. The van der Waals surface area contributed by atoms with Crippen molar-refractivity contribution in [1.82, 2.24) is 14.5 Å². The summed E-state index contributed by atoms with van der Waals surface area (Å²) in [6, 6.07) is 13.9. The van der Waals surface area contributed by atoms with Gasteiger partial charge in [0.25, 0.3) is 0 Å². The number of fused-ring (bicyclic) bond motifs is 1. The smallest absolute Gasteiger partial charge is 0.178 e. The fourth-order valence-corrected chi connectivity index (χ4v) is 2.96. The maximum absolute atomic E-state index is 5.83. The molecule has 26 heavy (non-hydrogen) atoms. The van der Waals surface area contributed by atoms with E-state index in [4.69, 9.17) is 14.1 Å². The van der Waals surface area contributed by atoms with Crippen LogP contribution in [0, 0.1) is 0 Å². The zero-order chi connectivity index (χ0) is 17.9. The summed E-state index contributed by atoms with van der Waals surface area (Å²) in [6.07, 6.45) is 5.63. The summed E-state index contributed by atoms with van der Waals surface area (Å²) in [7, 11) is 2.00. The SMILES string of the molecule is CCCCOc1cccc(-c2nc3ncc(-c4ccco4)cc3n2C)c1. The minimum absolute atomic E-state index is 0.718. The topological polar surface area (TPSA) is 53.1 Å². The first-order valence-corrected chi connectivity index (χ1v) is 8.86. The number of pyridine rings is 1. The minimum Gasteiger partial charge on any atom is -0.494 e. The van der Waals surface area contributed by atoms with Gasteiger partial charge in [-0.1, -0.05) is 25.5 Å². The number of unbranched alkanes of at least 4 members (excludes halogenated alkanes) is 1. The van der Waals surface area contributed by atoms with Crippen LogP contribution in [0.5, 0.6) is 5.75 Å². The van der Waals surface area contributed by atoms with E-state index in [1.165, 1.54) is 0 Å². The van der Waals surface area contributed by atoms with Crippen molar-refractivity contribution in [3.05, 3.63) is 54.9 Å². The molecule has 3 aromatic heterocycles. The van der Waals surface area contributed by atoms with Crippen molar-refractivity contribution in [2.45, 2.75) is 19.8 Å². The van der Waals surface area contributed by atoms with E-state index < -0.39 is 0 Å². The fraction of sp³-hybridized carbons (Fsp3) is 0.238. The van der Waals surface area contributed by atoms with E-state index in [0.29, 0.717) is 0 Å². The van der Waals surface area contributed by atoms with Crippen LogP contribution in [0.2, 0.25) is 0 Å². The first-order valence-electron chi connectivity index (χ1n) is 8.86. The molecule has 0 saturated heterocycles. The van der Waals surface area contributed by atoms with Crippen LogP contribution < -0.4 is 4.74 Å². The van der Waals surface area contributed by atoms with Crippen molar-refractivity contribution in [2.75, 3.05) is 6.61 Å². The van der Waals surface area contributed by atoms with Crippen LogP contribution in [0.1, 0.15) is 19.8 Å². The molecule has 0 aliphatic rings. The Morgan fingerprint density at radius 2 is 2.04 bits per heavy atom. The predicted molar refractivity (Wildman–Crippen MR) is 102 cm³/mol. The van der Waals surface area contributed by atoms with Crippen LogP contribution in [0.25, 0.3) is 33.9 Å². The highest BCUT2D eigenvalue weighted by Gasteiger charge is 2.13. The lowest BCUT2D eigenvalue weighted by Crippen LogP contribution is -1.97. The van der Waals surface area contributed by atoms with Gasteiger partial charge in [-0.2, -0.15) is 0 Å². The molecule has 4 rings (SSSR count). The molecule has 0 radical (unpaired) electrons. The summed E-state index contributed by atoms with van der Waals surface area (Å²) in [4.78, 5) is 9.21. The lowest BCUT2D eigenvalue weighted by molar-refractivity contribution is 0.309. The molecule has 0 unspecified atom stereocenters. The van der Waals surface area contributed by atoms with Gasteiger partial charge in [-0.3, -0.25) is 0 Å². The molecule has 5 nitrogen and oxygen atoms in total. The molecule has 5 heteroatoms. The maximum atomic E-state index is 5.83. The predicted octanol–water partition coefficient (Wildman–Crippen LogP) is 5.07. The van der Waals surface area contributed by atoms with Crippen LogP contribution >= 0.6 is 0 Å². The van der Waals surface area contributed by atoms with Crippen molar-refractivity contribution in [3.8, 4) is 28.5 Å². The van der Waals surface area contributed by atoms with Crippen LogP contribution in [0.3, 0.4) is 0 Å². The van der Waals surface area contributed by atoms with Crippen molar-refractivity contribution in [1.29, 1.82) is 0 Å². The van der Waals surface area contributed by atoms with E-state index in [-0.39, 0.29) is 0 Å². The average molecular weight is 347 g/mol. The van der Waals surface area contributed by atoms with E-state index in [2.05, 4.69) is 22.5 Å². The molecule has 0 bridgehead atoms. The van der Waals surface area contributed by atoms with E-state index in [1.807, 2.05) is 43.4 Å². The summed E-state index contributed by atoms with van der Waals surface area (Å²) >= 11 is 0. The Morgan fingerprint density at radius 1 is 1.12 bits per heavy atom. The fourth-order valence-electron chi connectivity index (χ4n) is 2.96. The van der Waals surface area contributed by atoms with Crippen LogP contribution in [0.4, 0.5) is 0 Å². The lowest BCUT2D eigenvalue weighted by atomic mass is 10.2. The van der Waals surface area contributed by atoms with Crippen molar-refractivity contribution in [3.63, 3.8) is 0 Å². The van der Waals surface area contributed by atoms with Gasteiger partial charge in [0.15, 0.2) is 5.65 Å². The highest BCUT2D eigenvalue weighted by atomic mass is 16.5. The van der Waals surface area contributed by atoms with E-state index in [9.17, 15) is 0 Å². The van der Waals surface area contributed by atoms with Crippen LogP contribution in [-0.4, -0.2) is 21.1 Å². The van der Waals surface area contributed by atoms with Gasteiger partial charge in [-0.15, -0.1) is 0 Å². The largest absolute Gasteiger partial charge is 0.494 e. The molecule has 0 N–H and O–H groups in total. The number of hydrogen-bond acceptors (Lipinski definition) is 4. The number of aryl methyl sites for hydroxylation is 1. The molecule has 0 aliphatic heterocycles. The van der Waals surface area contributed by atoms with Crippen molar-refractivity contribution >= 4 is 11.2 Å². The van der Waals surface area contributed by atoms with Crippen LogP contribution in [-0.2, 0) is 7.05 Å². The molecule has 1 aromatic carbocycles. The van der Waals surface area contributed by atoms with Crippen LogP contribution in [0.15, 0.2) is 59.3 Å². The monoisotopic (exact) mass is 347 g/mol. The molecule has 0 spiro atoms. The van der Waals surface area contributed by atoms with Gasteiger partial charge < -0.3 is 13.7 Å². The second-order valence-electron chi connectivity index (χ2n) is 6.27. The van der Waals surface area contributed by atoms with Gasteiger partial charge >= 0.3 is 0 Å². The number of nitrogens with zero attached hydrogens (tertiary/aromatic N) is 3. The first-order chi connectivity index (χ1) is 12.8. The minimum atomic E-state index is 0.718. The molecular weight excluding hydrogens is 326 g/mol. The quantitative estimate of drug-likeness (QED) is 0.457. The van der Waals surface area contributed by atoms with Gasteiger partial charge in [-0.25, -0.2) is 9.97 Å². The number of furan rings is 1. The average Bonchev–Trinajstić information content (AvgIpc) is 3.31. The van der Waals surface area contributed by atoms with Gasteiger partial charge in [0.05, 0.1) is 18.4 Å². The number of imidazole rings is 1. The number of ether oxygens (including phenoxy) is 1. The zero-order valence-electron chi connectivity index (χ0n) is 15.0. The summed E-state index contributed by atoms with van der Waals surface area (Å²) in [6.45, 7) is 2.89. The molecule has 0 fully saturated rings. The Balaban J connectivity index is 1.71. The number of hydrogen-bond donors (Lipinski definition) is 0. The van der Waals surface area contributed by atoms with Gasteiger partial charge in [0.2, 0.25) is 0 Å². The van der Waals surface area contributed by atoms with E-state index in [0.717, 1.165) is 59.1 Å². The summed E-state index contributed by atoms with van der Waals surface area (Å²) in [5, 5.41) is 0. The summed E-state index contributed by atoms with van der Waals surface area (Å²) < 4.78 is 13.4. The molecule has 132 valence electrons. The second-order valence-corrected chi connectivity index (χ2v) is 6.27. The third-order valence-electron chi connectivity index (χ3n) is 4.40. The molecule has 0 saturated carbocycles. The Hall–Kier alpha value is -3.08. The standard InChI is InChI=1S/C21H21N3O2/c1-3-4-10-25-17-8-5-7-15(12-17)21-23-20-18(24(21)2)13-16(14-22-20)19-9-6-11-26-19/h5-9,11-14H,3-4,10H2,1-2H3. The van der Waals surface area contributed by atoms with Crippen molar-refractivity contribution < 1.29 is 9.15 Å². The normalized spacial score (nSPS) is 11.2. The van der Waals surface area contributed by atoms with E-state index >= 15 is 0 Å². The molecular formula is C21H21N3O2. The zero-order valence-corrected chi connectivity index (χ0v) is 15.0. The van der Waals surface area contributed by atoms with Gasteiger partial charge in [-0.05, 0) is 36.8 Å². The summed E-state index contributed by atoms with van der Waals surface area (Å²) in [5.74, 6) is 2.53. The maximum Gasteiger partial charge on any atom is 0.178 e. The second kappa shape index (κ2) is 7.04. The number of rotatable bonds is 6. The Kier molecular flexibility index (Phi) is 4.44. The first kappa shape index (κ1) is 16.4. The van der Waals surface area contributed by atoms with Gasteiger partial charge in [0, 0.05) is 24.4 Å². The third-order valence-corrected chi connectivity index (χ3v) is 4.40. The van der Waals surface area contributed by atoms with E-state index in [1.54, 1.807) is 12.5 Å². The number of benzene rings is 1. The Bertz CT molecular complexity index is 1020. The molecule has 3 heterocycles. The highest BCUT2D eigenvalue weighted by Crippen LogP contribution is 2.28. The third kappa shape index (κ3) is 3.08. The van der Waals surface area contributed by atoms with Gasteiger partial charge in [0.1, 0.15) is 17.3 Å². The molecule has 0 atom stereocenters. The molecule has 0 amide bonds. The Labute approximate surface area is 152 Å². The summed E-state index contributed by atoms with van der Waals surface area (Å²) in [5.41, 5.74) is 3.63. The molecule has 4 aromatic rings. The molecule has 0 aliphatic carbocycles. The van der Waals surface area contributed by atoms with Crippen molar-refractivity contribution in [2.24, 2.45) is 7.05 Å². The lowest BCUT2D eigenvalue weighted by Gasteiger charge is -2.07. The Morgan fingerprint density at radius 3 is 2.85 bits per heavy atom.